The molecular formula is C11H11Cl2NO6. The number of pyridine rings is 1. The number of ether oxygens (including phenoxy) is 4. The maximum Gasteiger partial charge on any atom is 0.337 e. The number of rotatable bonds is 8. The van der Waals surface area contributed by atoms with Crippen molar-refractivity contribution in [2.75, 3.05) is 14.2 Å². The van der Waals surface area contributed by atoms with Gasteiger partial charge in [-0.15, -0.1) is 0 Å². The molecule has 2 unspecified atom stereocenters. The number of carbonyl (C=O) groups excluding carboxylic acids is 2. The van der Waals surface area contributed by atoms with Gasteiger partial charge >= 0.3 is 10.5 Å². The first-order valence-corrected chi connectivity index (χ1v) is 5.90. The second-order valence-electron chi connectivity index (χ2n) is 3.32. The Hall–Kier alpha value is -1.41. The molecule has 0 aromatic carbocycles. The number of methoxy groups -OCH3 is 2. The van der Waals surface area contributed by atoms with Crippen LogP contribution >= 0.6 is 23.2 Å². The van der Waals surface area contributed by atoms with Gasteiger partial charge in [-0.1, -0.05) is 6.07 Å². The maximum absolute atomic E-state index is 10.5. The molecule has 0 fully saturated rings. The summed E-state index contributed by atoms with van der Waals surface area (Å²) in [5, 5.41) is -3.85. The fraction of sp³-hybridized carbons (Fsp3) is 0.364. The van der Waals surface area contributed by atoms with Gasteiger partial charge in [0.15, 0.2) is 0 Å². The zero-order valence-corrected chi connectivity index (χ0v) is 12.1. The van der Waals surface area contributed by atoms with Gasteiger partial charge in [-0.2, -0.15) is 0 Å². The minimum atomic E-state index is -1.93. The van der Waals surface area contributed by atoms with E-state index in [1.807, 2.05) is 0 Å². The third kappa shape index (κ3) is 3.37. The summed E-state index contributed by atoms with van der Waals surface area (Å²) in [7, 11) is 2.44. The quantitative estimate of drug-likeness (QED) is 0.406. The SMILES string of the molecule is COC(Cl)(OC=O)c1cccc(C(Cl)(OC)OC=O)n1. The summed E-state index contributed by atoms with van der Waals surface area (Å²) in [6.45, 7) is 0.216. The van der Waals surface area contributed by atoms with Crippen molar-refractivity contribution in [1.82, 2.24) is 4.98 Å². The van der Waals surface area contributed by atoms with E-state index in [1.165, 1.54) is 32.4 Å². The van der Waals surface area contributed by atoms with Crippen molar-refractivity contribution in [2.45, 2.75) is 10.5 Å². The standard InChI is InChI=1S/C11H11Cl2NO6/c1-17-10(12,19-6-15)8-4-3-5-9(14-8)11(13,18-2)20-7-16/h3-7H,1-2H3. The molecule has 1 aromatic rings. The van der Waals surface area contributed by atoms with Crippen molar-refractivity contribution >= 4 is 36.1 Å². The number of hydrogen-bond donors (Lipinski definition) is 0. The number of nitrogens with zero attached hydrogens (tertiary/aromatic N) is 1. The van der Waals surface area contributed by atoms with Gasteiger partial charge in [0.2, 0.25) is 0 Å². The lowest BCUT2D eigenvalue weighted by Gasteiger charge is -2.25. The van der Waals surface area contributed by atoms with Crippen LogP contribution in [0.3, 0.4) is 0 Å². The van der Waals surface area contributed by atoms with E-state index in [0.717, 1.165) is 0 Å². The topological polar surface area (TPSA) is 84.0 Å². The highest BCUT2D eigenvalue weighted by atomic mass is 35.5. The van der Waals surface area contributed by atoms with Crippen LogP contribution in [0.4, 0.5) is 0 Å². The summed E-state index contributed by atoms with van der Waals surface area (Å²) < 4.78 is 19.0. The normalized spacial score (nSPS) is 16.6. The average Bonchev–Trinajstić information content (AvgIpc) is 2.47. The van der Waals surface area contributed by atoms with Crippen LogP contribution in [-0.2, 0) is 39.0 Å². The van der Waals surface area contributed by atoms with Gasteiger partial charge in [-0.25, -0.2) is 4.98 Å². The molecule has 20 heavy (non-hydrogen) atoms. The monoisotopic (exact) mass is 323 g/mol. The summed E-state index contributed by atoms with van der Waals surface area (Å²) in [5.74, 6) is 0. The number of halogens is 2. The van der Waals surface area contributed by atoms with Crippen molar-refractivity contribution in [3.63, 3.8) is 0 Å². The molecule has 0 saturated heterocycles. The van der Waals surface area contributed by atoms with Crippen molar-refractivity contribution in [2.24, 2.45) is 0 Å². The van der Waals surface area contributed by atoms with Gasteiger partial charge in [-0.05, 0) is 35.3 Å². The van der Waals surface area contributed by atoms with Gasteiger partial charge in [0.05, 0.1) is 0 Å². The molecule has 0 amide bonds. The first kappa shape index (κ1) is 16.6. The first-order chi connectivity index (χ1) is 9.45. The summed E-state index contributed by atoms with van der Waals surface area (Å²) in [6.07, 6.45) is 0. The van der Waals surface area contributed by atoms with Crippen LogP contribution in [0, 0.1) is 0 Å². The molecule has 0 aliphatic carbocycles. The molecule has 0 radical (unpaired) electrons. The summed E-state index contributed by atoms with van der Waals surface area (Å²) in [4.78, 5) is 24.9. The maximum atomic E-state index is 10.5. The Kier molecular flexibility index (Phi) is 5.70. The summed E-state index contributed by atoms with van der Waals surface area (Å²) in [5.41, 5.74) is 0.0330. The molecule has 7 nitrogen and oxygen atoms in total. The lowest BCUT2D eigenvalue weighted by molar-refractivity contribution is -0.179. The molecule has 0 aliphatic heterocycles. The van der Waals surface area contributed by atoms with E-state index in [0.29, 0.717) is 0 Å². The molecule has 9 heteroatoms. The van der Waals surface area contributed by atoms with Crippen LogP contribution in [0.25, 0.3) is 0 Å². The molecule has 0 aliphatic rings. The molecule has 0 N–H and O–H groups in total. The van der Waals surface area contributed by atoms with Crippen LogP contribution in [0.2, 0.25) is 0 Å². The third-order valence-electron chi connectivity index (χ3n) is 2.29. The van der Waals surface area contributed by atoms with Gasteiger partial charge in [0.25, 0.3) is 12.9 Å². The van der Waals surface area contributed by atoms with Crippen molar-refractivity contribution in [1.29, 1.82) is 0 Å². The molecule has 110 valence electrons. The van der Waals surface area contributed by atoms with E-state index in [1.54, 1.807) is 0 Å². The van der Waals surface area contributed by atoms with Gasteiger partial charge in [-0.3, -0.25) is 9.59 Å². The Labute approximate surface area is 124 Å². The van der Waals surface area contributed by atoms with Crippen LogP contribution in [-0.4, -0.2) is 32.1 Å². The predicted octanol–water partition coefficient (Wildman–Crippen LogP) is 1.42. The van der Waals surface area contributed by atoms with Crippen molar-refractivity contribution in [3.8, 4) is 0 Å². The van der Waals surface area contributed by atoms with Crippen molar-refractivity contribution in [3.05, 3.63) is 29.6 Å². The largest absolute Gasteiger partial charge is 0.415 e. The van der Waals surface area contributed by atoms with Crippen LogP contribution in [0.1, 0.15) is 11.4 Å². The lowest BCUT2D eigenvalue weighted by Crippen LogP contribution is -2.30. The van der Waals surface area contributed by atoms with E-state index < -0.39 is 10.5 Å². The van der Waals surface area contributed by atoms with Gasteiger partial charge in [0, 0.05) is 14.2 Å². The molecule has 0 spiro atoms. The second-order valence-corrected chi connectivity index (χ2v) is 4.31. The Bertz CT molecular complexity index is 448. The van der Waals surface area contributed by atoms with Crippen LogP contribution in [0.5, 0.6) is 0 Å². The summed E-state index contributed by atoms with van der Waals surface area (Å²) >= 11 is 11.9. The van der Waals surface area contributed by atoms with Crippen LogP contribution < -0.4 is 0 Å². The van der Waals surface area contributed by atoms with E-state index in [4.69, 9.17) is 32.7 Å². The third-order valence-corrected chi connectivity index (χ3v) is 3.16. The second kappa shape index (κ2) is 6.85. The molecule has 2 atom stereocenters. The number of carbonyl (C=O) groups is 2. The minimum absolute atomic E-state index is 0.0165. The van der Waals surface area contributed by atoms with E-state index in [-0.39, 0.29) is 24.3 Å². The first-order valence-electron chi connectivity index (χ1n) is 5.14. The van der Waals surface area contributed by atoms with Crippen LogP contribution in [0.15, 0.2) is 18.2 Å². The van der Waals surface area contributed by atoms with E-state index in [2.05, 4.69) is 14.5 Å². The number of hydrogen-bond acceptors (Lipinski definition) is 7. The zero-order chi connectivity index (χ0) is 15.2. The molecule has 0 bridgehead atoms. The smallest absolute Gasteiger partial charge is 0.337 e. The molecule has 1 aromatic heterocycles. The lowest BCUT2D eigenvalue weighted by atomic mass is 10.2. The number of alkyl halides is 2. The molecular weight excluding hydrogens is 313 g/mol. The Morgan fingerprint density at radius 2 is 1.40 bits per heavy atom. The van der Waals surface area contributed by atoms with Gasteiger partial charge < -0.3 is 18.9 Å². The average molecular weight is 324 g/mol. The minimum Gasteiger partial charge on any atom is -0.415 e. The highest BCUT2D eigenvalue weighted by Crippen LogP contribution is 2.33. The highest BCUT2D eigenvalue weighted by Gasteiger charge is 2.38. The summed E-state index contributed by atoms with van der Waals surface area (Å²) in [6, 6.07) is 4.35. The number of aromatic nitrogens is 1. The fourth-order valence-electron chi connectivity index (χ4n) is 1.32. The Balaban J connectivity index is 3.24. The highest BCUT2D eigenvalue weighted by molar-refractivity contribution is 6.22. The molecule has 0 saturated carbocycles. The molecule has 1 rings (SSSR count). The fourth-order valence-corrected chi connectivity index (χ4v) is 1.60. The molecule has 1 heterocycles. The Morgan fingerprint density at radius 1 is 1.00 bits per heavy atom. The van der Waals surface area contributed by atoms with Gasteiger partial charge in [0.1, 0.15) is 11.4 Å². The zero-order valence-electron chi connectivity index (χ0n) is 10.5. The van der Waals surface area contributed by atoms with Crippen molar-refractivity contribution < 1.29 is 28.5 Å². The van der Waals surface area contributed by atoms with E-state index >= 15 is 0 Å². The Morgan fingerprint density at radius 3 is 1.70 bits per heavy atom. The van der Waals surface area contributed by atoms with E-state index in [9.17, 15) is 9.59 Å². The predicted molar refractivity (Wildman–Crippen MR) is 67.6 cm³/mol.